The predicted octanol–water partition coefficient (Wildman–Crippen LogP) is 0.428. The van der Waals surface area contributed by atoms with Gasteiger partial charge in [0.15, 0.2) is 0 Å². The largest absolute Gasteiger partial charge is 0.315 e. The number of nitrogens with two attached hydrogens (primary N) is 1. The molecule has 0 spiro atoms. The Morgan fingerprint density at radius 1 is 1.86 bits per heavy atom. The summed E-state index contributed by atoms with van der Waals surface area (Å²) in [5.74, 6) is 1.04. The van der Waals surface area contributed by atoms with Gasteiger partial charge in [0, 0.05) is 11.5 Å². The van der Waals surface area contributed by atoms with E-state index in [1.165, 1.54) is 0 Å². The summed E-state index contributed by atoms with van der Waals surface area (Å²) < 4.78 is 0. The van der Waals surface area contributed by atoms with E-state index < -0.39 is 0 Å². The van der Waals surface area contributed by atoms with Gasteiger partial charge in [-0.05, 0) is 6.42 Å². The van der Waals surface area contributed by atoms with E-state index in [-0.39, 0.29) is 5.37 Å². The van der Waals surface area contributed by atoms with E-state index in [9.17, 15) is 0 Å². The highest BCUT2D eigenvalue weighted by molar-refractivity contribution is 8.01. The Morgan fingerprint density at radius 2 is 2.57 bits per heavy atom. The highest BCUT2D eigenvalue weighted by Gasteiger charge is 2.15. The molecule has 0 aliphatic carbocycles. The van der Waals surface area contributed by atoms with E-state index in [2.05, 4.69) is 0 Å². The molecule has 0 saturated carbocycles. The van der Waals surface area contributed by atoms with Crippen molar-refractivity contribution in [3.05, 3.63) is 0 Å². The Bertz CT molecular complexity index is 91.7. The van der Waals surface area contributed by atoms with Crippen molar-refractivity contribution in [1.82, 2.24) is 0 Å². The molecule has 1 aliphatic rings. The first-order valence-electron chi connectivity index (χ1n) is 2.25. The summed E-state index contributed by atoms with van der Waals surface area (Å²) in [6.45, 7) is 0. The molecule has 2 nitrogen and oxygen atoms in total. The monoisotopic (exact) mass is 116 g/mol. The van der Waals surface area contributed by atoms with Crippen molar-refractivity contribution in [2.24, 2.45) is 5.73 Å². The average molecular weight is 116 g/mol. The third-order valence-electron chi connectivity index (χ3n) is 1.01. The summed E-state index contributed by atoms with van der Waals surface area (Å²) in [6, 6.07) is 0. The van der Waals surface area contributed by atoms with Crippen molar-refractivity contribution < 1.29 is 0 Å². The van der Waals surface area contributed by atoms with Gasteiger partial charge < -0.3 is 11.1 Å². The van der Waals surface area contributed by atoms with E-state index in [1.54, 1.807) is 11.8 Å². The van der Waals surface area contributed by atoms with E-state index in [1.807, 2.05) is 0 Å². The molecule has 0 radical (unpaired) electrons. The van der Waals surface area contributed by atoms with Gasteiger partial charge >= 0.3 is 0 Å². The maximum atomic E-state index is 7.11. The zero-order chi connectivity index (χ0) is 5.28. The smallest absolute Gasteiger partial charge is 0.0890 e. The molecule has 40 valence electrons. The first kappa shape index (κ1) is 5.12. The molecule has 0 aromatic carbocycles. The molecule has 0 aromatic heterocycles. The second-order valence-corrected chi connectivity index (χ2v) is 2.82. The van der Waals surface area contributed by atoms with Crippen LogP contribution in [0.2, 0.25) is 0 Å². The molecule has 3 heteroatoms. The van der Waals surface area contributed by atoms with Crippen molar-refractivity contribution in [3.63, 3.8) is 0 Å². The fourth-order valence-corrected chi connectivity index (χ4v) is 1.45. The van der Waals surface area contributed by atoms with Crippen molar-refractivity contribution in [2.75, 3.05) is 5.75 Å². The molecule has 1 fully saturated rings. The molecule has 3 N–H and O–H groups in total. The first-order valence-corrected chi connectivity index (χ1v) is 3.30. The normalized spacial score (nSPS) is 31.6. The lowest BCUT2D eigenvalue weighted by Crippen LogP contribution is -2.19. The second-order valence-electron chi connectivity index (χ2n) is 1.57. The molecule has 1 heterocycles. The molecule has 1 saturated heterocycles. The van der Waals surface area contributed by atoms with Gasteiger partial charge in [0.25, 0.3) is 0 Å². The van der Waals surface area contributed by atoms with Crippen LogP contribution < -0.4 is 5.73 Å². The van der Waals surface area contributed by atoms with Crippen molar-refractivity contribution in [1.29, 1.82) is 5.41 Å². The third kappa shape index (κ3) is 0.951. The summed E-state index contributed by atoms with van der Waals surface area (Å²) in [7, 11) is 0. The fourth-order valence-electron chi connectivity index (χ4n) is 0.539. The molecule has 7 heavy (non-hydrogen) atoms. The maximum absolute atomic E-state index is 7.11. The maximum Gasteiger partial charge on any atom is 0.0890 e. The topological polar surface area (TPSA) is 49.9 Å². The molecular weight excluding hydrogens is 108 g/mol. The van der Waals surface area contributed by atoms with E-state index >= 15 is 0 Å². The lowest BCUT2D eigenvalue weighted by molar-refractivity contribution is 1.16. The summed E-state index contributed by atoms with van der Waals surface area (Å²) in [6.07, 6.45) is 0.895. The minimum absolute atomic E-state index is 0.0139. The number of thioether (sulfide) groups is 1. The summed E-state index contributed by atoms with van der Waals surface area (Å²) in [5.41, 5.74) is 6.12. The van der Waals surface area contributed by atoms with Crippen LogP contribution in [0.1, 0.15) is 6.42 Å². The van der Waals surface area contributed by atoms with Gasteiger partial charge in [-0.25, -0.2) is 0 Å². The van der Waals surface area contributed by atoms with Crippen molar-refractivity contribution >= 4 is 17.5 Å². The van der Waals surface area contributed by atoms with Crippen LogP contribution in [0.15, 0.2) is 0 Å². The lowest BCUT2D eigenvalue weighted by Gasteiger charge is -1.95. The molecule has 0 aromatic rings. The van der Waals surface area contributed by atoms with Crippen LogP contribution in [0.3, 0.4) is 0 Å². The number of nitrogens with one attached hydrogen (secondary N) is 1. The Balaban J connectivity index is 2.48. The lowest BCUT2D eigenvalue weighted by atomic mass is 10.3. The first-order chi connectivity index (χ1) is 3.30. The van der Waals surface area contributed by atoms with Crippen LogP contribution in [0, 0.1) is 5.41 Å². The van der Waals surface area contributed by atoms with Gasteiger partial charge in [-0.2, -0.15) is 0 Å². The van der Waals surface area contributed by atoms with E-state index in [0.717, 1.165) is 12.2 Å². The Morgan fingerprint density at radius 3 is 2.71 bits per heavy atom. The molecule has 1 atom stereocenters. The Labute approximate surface area is 47.0 Å². The van der Waals surface area contributed by atoms with Gasteiger partial charge in [0.05, 0.1) is 5.37 Å². The van der Waals surface area contributed by atoms with E-state index in [4.69, 9.17) is 11.1 Å². The Hall–Kier alpha value is -0.0200. The molecule has 1 rings (SSSR count). The zero-order valence-electron chi connectivity index (χ0n) is 3.98. The van der Waals surface area contributed by atoms with E-state index in [0.29, 0.717) is 5.71 Å². The highest BCUT2D eigenvalue weighted by atomic mass is 32.2. The number of rotatable bonds is 0. The second kappa shape index (κ2) is 1.84. The third-order valence-corrected chi connectivity index (χ3v) is 2.10. The molecule has 0 bridgehead atoms. The summed E-state index contributed by atoms with van der Waals surface area (Å²) in [4.78, 5) is 0. The van der Waals surface area contributed by atoms with Gasteiger partial charge in [-0.15, -0.1) is 11.8 Å². The van der Waals surface area contributed by atoms with Gasteiger partial charge in [-0.1, -0.05) is 0 Å². The molecule has 1 unspecified atom stereocenters. The summed E-state index contributed by atoms with van der Waals surface area (Å²) in [5, 5.41) is 7.12. The minimum Gasteiger partial charge on any atom is -0.315 e. The molecular formula is C4H8N2S. The highest BCUT2D eigenvalue weighted by Crippen LogP contribution is 2.17. The average Bonchev–Trinajstić information content (AvgIpc) is 1.91. The zero-order valence-corrected chi connectivity index (χ0v) is 4.79. The molecule has 1 aliphatic heterocycles. The quantitative estimate of drug-likeness (QED) is 0.482. The van der Waals surface area contributed by atoms with Crippen LogP contribution in [0.4, 0.5) is 0 Å². The fraction of sp³-hybridized carbons (Fsp3) is 0.750. The van der Waals surface area contributed by atoms with Crippen molar-refractivity contribution in [3.8, 4) is 0 Å². The van der Waals surface area contributed by atoms with Crippen LogP contribution in [0.25, 0.3) is 0 Å². The van der Waals surface area contributed by atoms with Crippen molar-refractivity contribution in [2.45, 2.75) is 11.8 Å². The van der Waals surface area contributed by atoms with Crippen LogP contribution in [-0.2, 0) is 0 Å². The SMILES string of the molecule is N=C1CCSC1N. The van der Waals surface area contributed by atoms with Gasteiger partial charge in [-0.3, -0.25) is 0 Å². The van der Waals surface area contributed by atoms with Crippen LogP contribution in [0.5, 0.6) is 0 Å². The van der Waals surface area contributed by atoms with Gasteiger partial charge in [0.2, 0.25) is 0 Å². The van der Waals surface area contributed by atoms with Crippen LogP contribution in [-0.4, -0.2) is 16.8 Å². The minimum atomic E-state index is 0.0139. The van der Waals surface area contributed by atoms with Gasteiger partial charge in [0.1, 0.15) is 0 Å². The predicted molar refractivity (Wildman–Crippen MR) is 32.8 cm³/mol. The summed E-state index contributed by atoms with van der Waals surface area (Å²) >= 11 is 1.66. The molecule has 0 amide bonds. The number of hydrogen-bond donors (Lipinski definition) is 2. The number of hydrogen-bond acceptors (Lipinski definition) is 3. The Kier molecular flexibility index (Phi) is 1.35. The van der Waals surface area contributed by atoms with Crippen LogP contribution >= 0.6 is 11.8 Å². The standard InChI is InChI=1S/C4H8N2S/c5-3-1-2-7-4(3)6/h4-5H,1-2,6H2.